The van der Waals surface area contributed by atoms with Crippen LogP contribution in [0.5, 0.6) is 0 Å². The van der Waals surface area contributed by atoms with Crippen LogP contribution in [0.4, 0.5) is 13.2 Å². The summed E-state index contributed by atoms with van der Waals surface area (Å²) in [4.78, 5) is 12.6. The molecule has 0 atom stereocenters. The van der Waals surface area contributed by atoms with E-state index < -0.39 is 23.0 Å². The third-order valence-electron chi connectivity index (χ3n) is 3.53. The summed E-state index contributed by atoms with van der Waals surface area (Å²) < 4.78 is 41.5. The molecule has 3 rings (SSSR count). The first-order valence-electron chi connectivity index (χ1n) is 6.80. The first-order chi connectivity index (χ1) is 10.5. The van der Waals surface area contributed by atoms with Crippen molar-refractivity contribution in [3.05, 3.63) is 76.0 Å². The van der Waals surface area contributed by atoms with Gasteiger partial charge in [0.05, 0.1) is 11.1 Å². The maximum atomic E-state index is 13.4. The molecule has 2 aromatic carbocycles. The summed E-state index contributed by atoms with van der Waals surface area (Å²) in [5, 5.41) is 0.762. The number of benzene rings is 2. The van der Waals surface area contributed by atoms with Crippen molar-refractivity contribution in [2.75, 3.05) is 0 Å². The monoisotopic (exact) mass is 303 g/mol. The fourth-order valence-corrected chi connectivity index (χ4v) is 2.55. The van der Waals surface area contributed by atoms with Gasteiger partial charge in [0.15, 0.2) is 0 Å². The maximum Gasteiger partial charge on any atom is 0.263 e. The van der Waals surface area contributed by atoms with E-state index in [0.29, 0.717) is 17.5 Å². The molecule has 0 unspecified atom stereocenters. The summed E-state index contributed by atoms with van der Waals surface area (Å²) in [6, 6.07) is 8.53. The fourth-order valence-electron chi connectivity index (χ4n) is 2.55. The summed E-state index contributed by atoms with van der Waals surface area (Å²) in [7, 11) is 0. The number of aromatic nitrogens is 1. The molecule has 22 heavy (non-hydrogen) atoms. The van der Waals surface area contributed by atoms with E-state index in [-0.39, 0.29) is 11.1 Å². The molecule has 3 aromatic rings. The third kappa shape index (κ3) is 2.39. The van der Waals surface area contributed by atoms with Crippen LogP contribution in [-0.4, -0.2) is 4.57 Å². The smallest absolute Gasteiger partial charge is 0.263 e. The predicted molar refractivity (Wildman–Crippen MR) is 78.8 cm³/mol. The molecular weight excluding hydrogens is 291 g/mol. The lowest BCUT2D eigenvalue weighted by Gasteiger charge is -2.14. The Morgan fingerprint density at radius 3 is 2.23 bits per heavy atom. The van der Waals surface area contributed by atoms with Crippen LogP contribution in [0.15, 0.2) is 47.3 Å². The van der Waals surface area contributed by atoms with Crippen LogP contribution in [0.2, 0.25) is 0 Å². The van der Waals surface area contributed by atoms with Gasteiger partial charge < -0.3 is 0 Å². The van der Waals surface area contributed by atoms with E-state index in [0.717, 1.165) is 24.3 Å². The van der Waals surface area contributed by atoms with Gasteiger partial charge in [0.25, 0.3) is 5.56 Å². The minimum absolute atomic E-state index is 0.0884. The van der Waals surface area contributed by atoms with Gasteiger partial charge in [0, 0.05) is 11.8 Å². The molecule has 0 N–H and O–H groups in total. The molecule has 0 fully saturated rings. The van der Waals surface area contributed by atoms with Crippen LogP contribution in [0.3, 0.4) is 0 Å². The summed E-state index contributed by atoms with van der Waals surface area (Å²) in [5.74, 6) is -2.09. The van der Waals surface area contributed by atoms with E-state index >= 15 is 0 Å². The van der Waals surface area contributed by atoms with Crippen molar-refractivity contribution in [1.82, 2.24) is 4.57 Å². The number of nitrogens with zero attached hydrogens (tertiary/aromatic N) is 1. The summed E-state index contributed by atoms with van der Waals surface area (Å²) in [6.07, 6.45) is 0.487. The molecule has 0 aliphatic heterocycles. The van der Waals surface area contributed by atoms with Gasteiger partial charge in [-0.1, -0.05) is 13.0 Å². The summed E-state index contributed by atoms with van der Waals surface area (Å²) >= 11 is 0. The lowest BCUT2D eigenvalue weighted by Crippen LogP contribution is -2.22. The second-order valence-corrected chi connectivity index (χ2v) is 4.99. The second kappa shape index (κ2) is 5.33. The minimum atomic E-state index is -0.775. The summed E-state index contributed by atoms with van der Waals surface area (Å²) in [6.45, 7) is 1.83. The quantitative estimate of drug-likeness (QED) is 0.702. The molecule has 0 saturated heterocycles. The highest BCUT2D eigenvalue weighted by Crippen LogP contribution is 2.19. The van der Waals surface area contributed by atoms with Gasteiger partial charge in [-0.25, -0.2) is 13.2 Å². The lowest BCUT2D eigenvalue weighted by atomic mass is 10.1. The van der Waals surface area contributed by atoms with Crippen LogP contribution in [-0.2, 0) is 6.42 Å². The van der Waals surface area contributed by atoms with Crippen molar-refractivity contribution in [1.29, 1.82) is 0 Å². The zero-order valence-corrected chi connectivity index (χ0v) is 11.7. The lowest BCUT2D eigenvalue weighted by molar-refractivity contribution is 0.580. The maximum absolute atomic E-state index is 13.4. The average Bonchev–Trinajstić information content (AvgIpc) is 2.46. The predicted octanol–water partition coefficient (Wildman–Crippen LogP) is 3.97. The first-order valence-corrected chi connectivity index (χ1v) is 6.80. The molecule has 0 aliphatic rings. The number of aryl methyl sites for hydroxylation is 1. The fraction of sp³-hybridized carbons (Fsp3) is 0.118. The number of hydrogen-bond donors (Lipinski definition) is 0. The second-order valence-electron chi connectivity index (χ2n) is 4.99. The Morgan fingerprint density at radius 1 is 0.909 bits per heavy atom. The van der Waals surface area contributed by atoms with Crippen molar-refractivity contribution < 1.29 is 13.2 Å². The number of halogens is 3. The average molecular weight is 303 g/mol. The Balaban J connectivity index is 2.41. The van der Waals surface area contributed by atoms with Crippen molar-refractivity contribution in [2.24, 2.45) is 0 Å². The van der Waals surface area contributed by atoms with Crippen LogP contribution in [0.1, 0.15) is 12.6 Å². The molecule has 0 aliphatic carbocycles. The largest absolute Gasteiger partial charge is 0.281 e. The van der Waals surface area contributed by atoms with Crippen molar-refractivity contribution in [2.45, 2.75) is 13.3 Å². The van der Waals surface area contributed by atoms with Gasteiger partial charge in [-0.05, 0) is 42.1 Å². The van der Waals surface area contributed by atoms with E-state index in [1.165, 1.54) is 16.7 Å². The van der Waals surface area contributed by atoms with Gasteiger partial charge >= 0.3 is 0 Å². The molecule has 0 amide bonds. The molecule has 0 saturated carbocycles. The van der Waals surface area contributed by atoms with E-state index in [4.69, 9.17) is 0 Å². The van der Waals surface area contributed by atoms with Gasteiger partial charge in [0.1, 0.15) is 17.5 Å². The van der Waals surface area contributed by atoms with Crippen LogP contribution >= 0.6 is 0 Å². The Bertz CT molecular complexity index is 911. The van der Waals surface area contributed by atoms with Crippen molar-refractivity contribution in [3.63, 3.8) is 0 Å². The number of hydrogen-bond acceptors (Lipinski definition) is 1. The number of pyridine rings is 1. The molecule has 2 nitrogen and oxygen atoms in total. The van der Waals surface area contributed by atoms with Crippen molar-refractivity contribution >= 4 is 10.8 Å². The van der Waals surface area contributed by atoms with E-state index in [1.807, 2.05) is 6.92 Å². The van der Waals surface area contributed by atoms with Gasteiger partial charge in [-0.3, -0.25) is 9.36 Å². The van der Waals surface area contributed by atoms with Gasteiger partial charge in [-0.2, -0.15) is 0 Å². The standard InChI is InChI=1S/C17H12F3NO/c1-2-14-5-10-3-4-11(18)9-16(10)17(22)21(14)15-7-12(19)6-13(20)8-15/h3-9H,2H2,1H3. The third-order valence-corrected chi connectivity index (χ3v) is 3.53. The van der Waals surface area contributed by atoms with Crippen LogP contribution < -0.4 is 5.56 Å². The number of fused-ring (bicyclic) bond motifs is 1. The van der Waals surface area contributed by atoms with E-state index in [9.17, 15) is 18.0 Å². The van der Waals surface area contributed by atoms with Crippen molar-refractivity contribution in [3.8, 4) is 5.69 Å². The van der Waals surface area contributed by atoms with Gasteiger partial charge in [-0.15, -0.1) is 0 Å². The van der Waals surface area contributed by atoms with E-state index in [1.54, 1.807) is 6.07 Å². The Morgan fingerprint density at radius 2 is 1.59 bits per heavy atom. The molecule has 0 spiro atoms. The van der Waals surface area contributed by atoms with Crippen LogP contribution in [0.25, 0.3) is 16.5 Å². The summed E-state index contributed by atoms with van der Waals surface area (Å²) in [5.41, 5.74) is 0.179. The minimum Gasteiger partial charge on any atom is -0.281 e. The van der Waals surface area contributed by atoms with Crippen LogP contribution in [0, 0.1) is 17.5 Å². The van der Waals surface area contributed by atoms with E-state index in [2.05, 4.69) is 0 Å². The SMILES string of the molecule is CCc1cc2ccc(F)cc2c(=O)n1-c1cc(F)cc(F)c1. The highest BCUT2D eigenvalue weighted by molar-refractivity contribution is 5.82. The normalized spacial score (nSPS) is 11.1. The molecule has 1 heterocycles. The zero-order valence-electron chi connectivity index (χ0n) is 11.7. The van der Waals surface area contributed by atoms with Gasteiger partial charge in [0.2, 0.25) is 0 Å². The Labute approximate surface area is 124 Å². The highest BCUT2D eigenvalue weighted by atomic mass is 19.1. The molecule has 0 bridgehead atoms. The molecule has 1 aromatic heterocycles. The highest BCUT2D eigenvalue weighted by Gasteiger charge is 2.12. The Hall–Kier alpha value is -2.56. The first kappa shape index (κ1) is 14.4. The molecule has 0 radical (unpaired) electrons. The molecule has 112 valence electrons. The Kier molecular flexibility index (Phi) is 3.48. The molecule has 5 heteroatoms. The topological polar surface area (TPSA) is 22.0 Å². The number of rotatable bonds is 2. The zero-order chi connectivity index (χ0) is 15.9. The molecular formula is C17H12F3NO.